The molecule has 0 unspecified atom stereocenters. The number of morpholine rings is 1. The van der Waals surface area contributed by atoms with Gasteiger partial charge < -0.3 is 30.2 Å². The summed E-state index contributed by atoms with van der Waals surface area (Å²) in [7, 11) is 0. The zero-order chi connectivity index (χ0) is 23.4. The Bertz CT molecular complexity index is 1030. The quantitative estimate of drug-likeness (QED) is 0.604. The van der Waals surface area contributed by atoms with Crippen molar-refractivity contribution < 1.29 is 27.8 Å². The standard InChI is InChI=1S/C22H25F2N5O4/c1-22(13-32-21(23)24)11-14-9-16(17(10-18(14)33-22)29-5-7-31-8-6-29)28-20(30)15(12-25)19-26-3-2-4-27-19/h2-4,9-10,12,21H,5-8,11,13,25H2,1H3,(H,28,30)/t22-/m1/s1. The number of nitrogens with two attached hydrogens (primary N) is 1. The summed E-state index contributed by atoms with van der Waals surface area (Å²) in [6.45, 7) is 0.885. The normalized spacial score (nSPS) is 20.5. The number of aromatic nitrogens is 2. The second-order valence-electron chi connectivity index (χ2n) is 7.98. The third-order valence-corrected chi connectivity index (χ3v) is 5.43. The van der Waals surface area contributed by atoms with Crippen molar-refractivity contribution in [2.24, 2.45) is 5.73 Å². The molecule has 0 bridgehead atoms. The second kappa shape index (κ2) is 9.67. The third kappa shape index (κ3) is 5.20. The van der Waals surface area contributed by atoms with Crippen molar-refractivity contribution in [2.45, 2.75) is 25.6 Å². The SMILES string of the molecule is C[C@]1(COC(F)F)Cc2cc(NC(=O)C(=CN)c3ncccn3)c(N3CCOCC3)cc2O1. The van der Waals surface area contributed by atoms with E-state index in [4.69, 9.17) is 15.2 Å². The number of halogens is 2. The molecule has 2 aliphatic heterocycles. The smallest absolute Gasteiger partial charge is 0.345 e. The Morgan fingerprint density at radius 2 is 2.06 bits per heavy atom. The molecule has 9 nitrogen and oxygen atoms in total. The van der Waals surface area contributed by atoms with Gasteiger partial charge in [-0.25, -0.2) is 9.97 Å². The van der Waals surface area contributed by atoms with Gasteiger partial charge in [0.25, 0.3) is 5.91 Å². The van der Waals surface area contributed by atoms with E-state index in [9.17, 15) is 13.6 Å². The first-order valence-electron chi connectivity index (χ1n) is 10.5. The minimum absolute atomic E-state index is 0.121. The van der Waals surface area contributed by atoms with E-state index in [1.807, 2.05) is 6.07 Å². The molecular formula is C22H25F2N5O4. The fourth-order valence-corrected chi connectivity index (χ4v) is 3.92. The van der Waals surface area contributed by atoms with Gasteiger partial charge in [-0.2, -0.15) is 8.78 Å². The summed E-state index contributed by atoms with van der Waals surface area (Å²) in [6.07, 6.45) is 4.55. The van der Waals surface area contributed by atoms with E-state index in [0.29, 0.717) is 44.2 Å². The van der Waals surface area contributed by atoms with Gasteiger partial charge in [-0.1, -0.05) is 0 Å². The number of hydrogen-bond acceptors (Lipinski definition) is 8. The van der Waals surface area contributed by atoms with Crippen molar-refractivity contribution in [1.29, 1.82) is 0 Å². The number of anilines is 2. The van der Waals surface area contributed by atoms with Gasteiger partial charge in [0, 0.05) is 49.7 Å². The zero-order valence-electron chi connectivity index (χ0n) is 18.1. The maximum absolute atomic E-state index is 13.1. The highest BCUT2D eigenvalue weighted by molar-refractivity contribution is 6.24. The highest BCUT2D eigenvalue weighted by Crippen LogP contribution is 2.42. The first-order chi connectivity index (χ1) is 15.9. The molecule has 0 radical (unpaired) electrons. The van der Waals surface area contributed by atoms with Crippen LogP contribution in [0.3, 0.4) is 0 Å². The van der Waals surface area contributed by atoms with Crippen LogP contribution < -0.4 is 20.7 Å². The first kappa shape index (κ1) is 22.9. The number of carbonyl (C=O) groups is 1. The van der Waals surface area contributed by atoms with Crippen LogP contribution in [-0.4, -0.2) is 61.0 Å². The minimum atomic E-state index is -2.88. The maximum Gasteiger partial charge on any atom is 0.345 e. The lowest BCUT2D eigenvalue weighted by Crippen LogP contribution is -2.37. The van der Waals surface area contributed by atoms with Gasteiger partial charge in [0.2, 0.25) is 0 Å². The number of hydrogen-bond donors (Lipinski definition) is 2. The van der Waals surface area contributed by atoms with Crippen LogP contribution in [0.4, 0.5) is 20.2 Å². The number of alkyl halides is 2. The molecule has 1 amide bonds. The molecule has 4 rings (SSSR count). The summed E-state index contributed by atoms with van der Waals surface area (Å²) in [4.78, 5) is 23.3. The molecule has 0 saturated carbocycles. The van der Waals surface area contributed by atoms with Crippen molar-refractivity contribution in [3.63, 3.8) is 0 Å². The van der Waals surface area contributed by atoms with Gasteiger partial charge in [0.05, 0.1) is 36.8 Å². The molecular weight excluding hydrogens is 436 g/mol. The number of nitrogens with zero attached hydrogens (tertiary/aromatic N) is 3. The van der Waals surface area contributed by atoms with E-state index >= 15 is 0 Å². The van der Waals surface area contributed by atoms with Gasteiger partial charge in [0.1, 0.15) is 11.4 Å². The molecule has 33 heavy (non-hydrogen) atoms. The summed E-state index contributed by atoms with van der Waals surface area (Å²) in [5.74, 6) is 0.295. The fraction of sp³-hybridized carbons (Fsp3) is 0.409. The van der Waals surface area contributed by atoms with Crippen LogP contribution in [-0.2, 0) is 20.7 Å². The largest absolute Gasteiger partial charge is 0.484 e. The Kier molecular flexibility index (Phi) is 6.70. The molecule has 2 aliphatic rings. The summed E-state index contributed by atoms with van der Waals surface area (Å²) in [5, 5.41) is 2.91. The fourth-order valence-electron chi connectivity index (χ4n) is 3.92. The molecule has 2 aromatic rings. The van der Waals surface area contributed by atoms with Crippen LogP contribution in [0.25, 0.3) is 5.57 Å². The van der Waals surface area contributed by atoms with Gasteiger partial charge in [0.15, 0.2) is 5.82 Å². The van der Waals surface area contributed by atoms with Crippen LogP contribution >= 0.6 is 0 Å². The topological polar surface area (TPSA) is 112 Å². The molecule has 1 aromatic carbocycles. The van der Waals surface area contributed by atoms with E-state index in [1.165, 1.54) is 12.4 Å². The Hall–Kier alpha value is -3.31. The Labute approximate surface area is 189 Å². The molecule has 176 valence electrons. The molecule has 3 N–H and O–H groups in total. The van der Waals surface area contributed by atoms with E-state index in [-0.39, 0.29) is 18.0 Å². The maximum atomic E-state index is 13.1. The van der Waals surface area contributed by atoms with Crippen LogP contribution in [0, 0.1) is 0 Å². The molecule has 1 aromatic heterocycles. The lowest BCUT2D eigenvalue weighted by atomic mass is 9.99. The van der Waals surface area contributed by atoms with Gasteiger partial charge in [-0.05, 0) is 19.1 Å². The molecule has 0 aliphatic carbocycles. The van der Waals surface area contributed by atoms with E-state index in [1.54, 1.807) is 19.1 Å². The van der Waals surface area contributed by atoms with Gasteiger partial charge >= 0.3 is 6.61 Å². The lowest BCUT2D eigenvalue weighted by molar-refractivity contribution is -0.158. The first-order valence-corrected chi connectivity index (χ1v) is 10.5. The summed E-state index contributed by atoms with van der Waals surface area (Å²) in [5.41, 5.74) is 6.93. The Morgan fingerprint density at radius 1 is 1.33 bits per heavy atom. The van der Waals surface area contributed by atoms with E-state index < -0.39 is 18.1 Å². The molecule has 1 saturated heterocycles. The van der Waals surface area contributed by atoms with Crippen molar-refractivity contribution in [3.8, 4) is 5.75 Å². The van der Waals surface area contributed by atoms with Crippen molar-refractivity contribution in [2.75, 3.05) is 43.1 Å². The predicted octanol–water partition coefficient (Wildman–Crippen LogP) is 2.18. The Morgan fingerprint density at radius 3 is 2.73 bits per heavy atom. The number of benzene rings is 1. The van der Waals surface area contributed by atoms with Crippen molar-refractivity contribution >= 4 is 22.9 Å². The molecule has 0 spiro atoms. The average molecular weight is 461 g/mol. The lowest BCUT2D eigenvalue weighted by Gasteiger charge is -2.31. The highest BCUT2D eigenvalue weighted by Gasteiger charge is 2.37. The molecule has 1 atom stereocenters. The van der Waals surface area contributed by atoms with E-state index in [2.05, 4.69) is 24.9 Å². The number of ether oxygens (including phenoxy) is 3. The number of fused-ring (bicyclic) bond motifs is 1. The van der Waals surface area contributed by atoms with Gasteiger partial charge in [-0.3, -0.25) is 4.79 Å². The van der Waals surface area contributed by atoms with Crippen molar-refractivity contribution in [1.82, 2.24) is 9.97 Å². The third-order valence-electron chi connectivity index (χ3n) is 5.43. The Balaban J connectivity index is 1.63. The van der Waals surface area contributed by atoms with Crippen molar-refractivity contribution in [3.05, 3.63) is 48.2 Å². The van der Waals surface area contributed by atoms with E-state index in [0.717, 1.165) is 17.5 Å². The minimum Gasteiger partial charge on any atom is -0.484 e. The summed E-state index contributed by atoms with van der Waals surface area (Å²) < 4.78 is 41.1. The monoisotopic (exact) mass is 461 g/mol. The predicted molar refractivity (Wildman–Crippen MR) is 117 cm³/mol. The van der Waals surface area contributed by atoms with Crippen LogP contribution in [0.1, 0.15) is 18.3 Å². The highest BCUT2D eigenvalue weighted by atomic mass is 19.3. The number of carbonyl (C=O) groups excluding carboxylic acids is 1. The molecule has 1 fully saturated rings. The average Bonchev–Trinajstić information content (AvgIpc) is 3.14. The summed E-state index contributed by atoms with van der Waals surface area (Å²) in [6, 6.07) is 5.25. The van der Waals surface area contributed by atoms with Crippen LogP contribution in [0.15, 0.2) is 36.8 Å². The molecule has 11 heteroatoms. The number of rotatable bonds is 7. The van der Waals surface area contributed by atoms with Crippen LogP contribution in [0.2, 0.25) is 0 Å². The van der Waals surface area contributed by atoms with Crippen LogP contribution in [0.5, 0.6) is 5.75 Å². The second-order valence-corrected chi connectivity index (χ2v) is 7.98. The summed E-state index contributed by atoms with van der Waals surface area (Å²) >= 11 is 0. The van der Waals surface area contributed by atoms with Gasteiger partial charge in [-0.15, -0.1) is 0 Å². The zero-order valence-corrected chi connectivity index (χ0v) is 18.1. The number of nitrogens with one attached hydrogen (secondary N) is 1. The number of amides is 1. The molecule has 3 heterocycles.